The standard InChI is InChI=1S/C16H16N6O2/c23-14-2-1-4-21(14)12-7-18-22(10-12)13-8-20(9-13)16-15-11(3-5-24-15)6-17-19-16/h3,5-7,10,13H,1-2,4,8-9H2. The zero-order valence-electron chi connectivity index (χ0n) is 13.0. The van der Waals surface area contributed by atoms with Crippen molar-refractivity contribution < 1.29 is 9.21 Å². The Kier molecular flexibility index (Phi) is 2.85. The fourth-order valence-corrected chi connectivity index (χ4v) is 3.38. The number of hydrogen-bond acceptors (Lipinski definition) is 6. The molecule has 0 spiro atoms. The topological polar surface area (TPSA) is 80.3 Å². The maximum absolute atomic E-state index is 11.8. The van der Waals surface area contributed by atoms with E-state index in [-0.39, 0.29) is 11.9 Å². The number of carbonyl (C=O) groups excluding carboxylic acids is 1. The summed E-state index contributed by atoms with van der Waals surface area (Å²) >= 11 is 0. The van der Waals surface area contributed by atoms with Gasteiger partial charge in [0.1, 0.15) is 0 Å². The molecule has 0 aliphatic carbocycles. The number of anilines is 2. The minimum atomic E-state index is 0.185. The van der Waals surface area contributed by atoms with Crippen molar-refractivity contribution in [2.75, 3.05) is 29.4 Å². The highest BCUT2D eigenvalue weighted by Crippen LogP contribution is 2.32. The van der Waals surface area contributed by atoms with Gasteiger partial charge in [-0.05, 0) is 12.5 Å². The molecule has 3 aromatic heterocycles. The molecule has 24 heavy (non-hydrogen) atoms. The molecule has 0 bridgehead atoms. The summed E-state index contributed by atoms with van der Waals surface area (Å²) in [6.45, 7) is 2.38. The van der Waals surface area contributed by atoms with Gasteiger partial charge in [-0.15, -0.1) is 5.10 Å². The van der Waals surface area contributed by atoms with Crippen molar-refractivity contribution in [2.24, 2.45) is 0 Å². The number of aromatic nitrogens is 4. The molecule has 3 aromatic rings. The third kappa shape index (κ3) is 1.99. The minimum absolute atomic E-state index is 0.185. The van der Waals surface area contributed by atoms with Gasteiger partial charge in [0, 0.05) is 37.6 Å². The lowest BCUT2D eigenvalue weighted by Crippen LogP contribution is -2.48. The Morgan fingerprint density at radius 1 is 1.25 bits per heavy atom. The fourth-order valence-electron chi connectivity index (χ4n) is 3.38. The average Bonchev–Trinajstić information content (AvgIpc) is 3.25. The van der Waals surface area contributed by atoms with Crippen LogP contribution in [0.1, 0.15) is 18.9 Å². The predicted octanol–water partition coefficient (Wildman–Crippen LogP) is 1.61. The Morgan fingerprint density at radius 3 is 3.00 bits per heavy atom. The van der Waals surface area contributed by atoms with E-state index in [1.165, 1.54) is 0 Å². The summed E-state index contributed by atoms with van der Waals surface area (Å²) < 4.78 is 7.46. The van der Waals surface area contributed by atoms with Crippen LogP contribution in [0, 0.1) is 0 Å². The van der Waals surface area contributed by atoms with E-state index < -0.39 is 0 Å². The second-order valence-electron chi connectivity index (χ2n) is 6.26. The van der Waals surface area contributed by atoms with Gasteiger partial charge in [-0.2, -0.15) is 10.2 Å². The molecule has 2 aliphatic rings. The lowest BCUT2D eigenvalue weighted by molar-refractivity contribution is -0.117. The molecule has 5 rings (SSSR count). The number of nitrogens with zero attached hydrogens (tertiary/aromatic N) is 6. The van der Waals surface area contributed by atoms with Crippen molar-refractivity contribution in [3.05, 3.63) is 30.9 Å². The van der Waals surface area contributed by atoms with Gasteiger partial charge < -0.3 is 14.2 Å². The summed E-state index contributed by atoms with van der Waals surface area (Å²) in [5.41, 5.74) is 1.66. The number of carbonyl (C=O) groups is 1. The first-order chi connectivity index (χ1) is 11.8. The van der Waals surface area contributed by atoms with Crippen LogP contribution >= 0.6 is 0 Å². The van der Waals surface area contributed by atoms with Crippen LogP contribution in [0.15, 0.2) is 35.3 Å². The van der Waals surface area contributed by atoms with E-state index in [1.807, 2.05) is 21.8 Å². The van der Waals surface area contributed by atoms with Crippen molar-refractivity contribution >= 4 is 28.4 Å². The van der Waals surface area contributed by atoms with Gasteiger partial charge in [-0.25, -0.2) is 0 Å². The molecule has 2 fully saturated rings. The third-order valence-corrected chi connectivity index (χ3v) is 4.76. The highest BCUT2D eigenvalue weighted by Gasteiger charge is 2.33. The summed E-state index contributed by atoms with van der Waals surface area (Å²) in [6.07, 6.45) is 8.65. The number of amides is 1. The van der Waals surface area contributed by atoms with E-state index in [9.17, 15) is 4.79 Å². The molecule has 1 amide bonds. The third-order valence-electron chi connectivity index (χ3n) is 4.76. The second-order valence-corrected chi connectivity index (χ2v) is 6.26. The van der Waals surface area contributed by atoms with Gasteiger partial charge in [0.2, 0.25) is 5.91 Å². The van der Waals surface area contributed by atoms with E-state index in [0.717, 1.165) is 48.5 Å². The van der Waals surface area contributed by atoms with Crippen LogP contribution in [0.25, 0.3) is 11.0 Å². The molecular weight excluding hydrogens is 308 g/mol. The molecule has 0 radical (unpaired) electrons. The van der Waals surface area contributed by atoms with Crippen LogP contribution in [0.2, 0.25) is 0 Å². The highest BCUT2D eigenvalue weighted by molar-refractivity contribution is 5.95. The number of hydrogen-bond donors (Lipinski definition) is 0. The smallest absolute Gasteiger partial charge is 0.227 e. The van der Waals surface area contributed by atoms with Crippen LogP contribution in [0.3, 0.4) is 0 Å². The van der Waals surface area contributed by atoms with Crippen molar-refractivity contribution in [3.8, 4) is 0 Å². The van der Waals surface area contributed by atoms with Gasteiger partial charge >= 0.3 is 0 Å². The first-order valence-corrected chi connectivity index (χ1v) is 8.08. The molecule has 0 aromatic carbocycles. The molecule has 0 unspecified atom stereocenters. The van der Waals surface area contributed by atoms with E-state index in [4.69, 9.17) is 4.42 Å². The highest BCUT2D eigenvalue weighted by atomic mass is 16.3. The van der Waals surface area contributed by atoms with E-state index in [0.29, 0.717) is 6.42 Å². The summed E-state index contributed by atoms with van der Waals surface area (Å²) in [7, 11) is 0. The normalized spacial score (nSPS) is 18.6. The Labute approximate surface area is 137 Å². The first kappa shape index (κ1) is 13.5. The quantitative estimate of drug-likeness (QED) is 0.728. The van der Waals surface area contributed by atoms with Crippen LogP contribution in [-0.4, -0.2) is 45.5 Å². The second kappa shape index (κ2) is 5.05. The van der Waals surface area contributed by atoms with E-state index in [1.54, 1.807) is 18.7 Å². The minimum Gasteiger partial charge on any atom is -0.460 e. The van der Waals surface area contributed by atoms with Gasteiger partial charge in [0.05, 0.1) is 30.4 Å². The van der Waals surface area contributed by atoms with Crippen molar-refractivity contribution in [3.63, 3.8) is 0 Å². The molecule has 8 nitrogen and oxygen atoms in total. The maximum Gasteiger partial charge on any atom is 0.227 e. The zero-order valence-corrected chi connectivity index (χ0v) is 13.0. The predicted molar refractivity (Wildman–Crippen MR) is 86.9 cm³/mol. The van der Waals surface area contributed by atoms with Crippen LogP contribution in [0.5, 0.6) is 0 Å². The molecule has 0 atom stereocenters. The first-order valence-electron chi connectivity index (χ1n) is 8.08. The van der Waals surface area contributed by atoms with Gasteiger partial charge in [0.15, 0.2) is 11.4 Å². The molecule has 2 aliphatic heterocycles. The lowest BCUT2D eigenvalue weighted by atomic mass is 10.1. The maximum atomic E-state index is 11.8. The number of fused-ring (bicyclic) bond motifs is 1. The van der Waals surface area contributed by atoms with Crippen molar-refractivity contribution in [1.29, 1.82) is 0 Å². The molecule has 8 heteroatoms. The number of furan rings is 1. The molecular formula is C16H16N6O2. The van der Waals surface area contributed by atoms with Gasteiger partial charge in [-0.1, -0.05) is 0 Å². The Bertz CT molecular complexity index is 910. The van der Waals surface area contributed by atoms with E-state index >= 15 is 0 Å². The zero-order chi connectivity index (χ0) is 16.1. The Morgan fingerprint density at radius 2 is 2.17 bits per heavy atom. The van der Waals surface area contributed by atoms with Crippen molar-refractivity contribution in [2.45, 2.75) is 18.9 Å². The van der Waals surface area contributed by atoms with Gasteiger partial charge in [0.25, 0.3) is 0 Å². The van der Waals surface area contributed by atoms with Crippen molar-refractivity contribution in [1.82, 2.24) is 20.0 Å². The SMILES string of the molecule is O=C1CCCN1c1cnn(C2CN(c3nncc4ccoc34)C2)c1. The van der Waals surface area contributed by atoms with Crippen LogP contribution < -0.4 is 9.80 Å². The molecule has 2 saturated heterocycles. The Balaban J connectivity index is 1.32. The molecule has 0 N–H and O–H groups in total. The van der Waals surface area contributed by atoms with Crippen LogP contribution in [0.4, 0.5) is 11.5 Å². The summed E-state index contributed by atoms with van der Waals surface area (Å²) in [4.78, 5) is 15.8. The fraction of sp³-hybridized carbons (Fsp3) is 0.375. The van der Waals surface area contributed by atoms with Gasteiger partial charge in [-0.3, -0.25) is 9.48 Å². The molecule has 5 heterocycles. The largest absolute Gasteiger partial charge is 0.460 e. The summed E-state index contributed by atoms with van der Waals surface area (Å²) in [5, 5.41) is 13.6. The average molecular weight is 324 g/mol. The lowest BCUT2D eigenvalue weighted by Gasteiger charge is -2.39. The summed E-state index contributed by atoms with van der Waals surface area (Å²) in [5.74, 6) is 0.959. The van der Waals surface area contributed by atoms with E-state index in [2.05, 4.69) is 20.2 Å². The Hall–Kier alpha value is -2.90. The number of rotatable bonds is 3. The molecule has 0 saturated carbocycles. The summed E-state index contributed by atoms with van der Waals surface area (Å²) in [6, 6.07) is 2.15. The molecule has 122 valence electrons. The van der Waals surface area contributed by atoms with Crippen LogP contribution in [-0.2, 0) is 4.79 Å². The monoisotopic (exact) mass is 324 g/mol.